The number of anilines is 1. The molecular formula is C17H20N4O3S. The molecule has 8 heteroatoms. The van der Waals surface area contributed by atoms with E-state index in [0.717, 1.165) is 16.5 Å². The molecule has 0 bridgehead atoms. The zero-order chi connectivity index (χ0) is 17.9. The molecule has 0 saturated carbocycles. The monoisotopic (exact) mass is 360 g/mol. The Bertz CT molecular complexity index is 982. The maximum Gasteiger partial charge on any atom is 0.161 e. The Morgan fingerprint density at radius 2 is 2.04 bits per heavy atom. The number of fused-ring (bicyclic) bond motifs is 1. The Morgan fingerprint density at radius 3 is 2.84 bits per heavy atom. The van der Waals surface area contributed by atoms with Gasteiger partial charge in [-0.15, -0.1) is 0 Å². The number of aromatic nitrogens is 3. The molecule has 0 aliphatic carbocycles. The first kappa shape index (κ1) is 17.4. The van der Waals surface area contributed by atoms with Crippen LogP contribution in [0.1, 0.15) is 12.6 Å². The van der Waals surface area contributed by atoms with Crippen LogP contribution in [-0.2, 0) is 20.3 Å². The summed E-state index contributed by atoms with van der Waals surface area (Å²) in [6, 6.07) is 9.19. The highest BCUT2D eigenvalue weighted by Crippen LogP contribution is 2.22. The van der Waals surface area contributed by atoms with Crippen molar-refractivity contribution in [3.05, 3.63) is 42.2 Å². The fourth-order valence-electron chi connectivity index (χ4n) is 2.54. The summed E-state index contributed by atoms with van der Waals surface area (Å²) in [4.78, 5) is 11.7. The number of nitrogen functional groups attached to an aromatic ring is 1. The zero-order valence-corrected chi connectivity index (χ0v) is 14.7. The summed E-state index contributed by atoms with van der Waals surface area (Å²) in [5.74, 6) is 0.425. The third kappa shape index (κ3) is 4.34. The summed E-state index contributed by atoms with van der Waals surface area (Å²) in [6.45, 7) is 2.49. The molecule has 3 rings (SSSR count). The van der Waals surface area contributed by atoms with E-state index >= 15 is 0 Å². The Hall–Kier alpha value is -2.45. The summed E-state index contributed by atoms with van der Waals surface area (Å²) < 4.78 is 29.5. The normalized spacial score (nSPS) is 11.9. The molecule has 0 fully saturated rings. The first-order valence-electron chi connectivity index (χ1n) is 7.96. The summed E-state index contributed by atoms with van der Waals surface area (Å²) >= 11 is 0. The Kier molecular flexibility index (Phi) is 5.00. The highest BCUT2D eigenvalue weighted by Gasteiger charge is 2.15. The van der Waals surface area contributed by atoms with Crippen LogP contribution in [0.2, 0.25) is 0 Å². The van der Waals surface area contributed by atoms with Gasteiger partial charge in [0.15, 0.2) is 15.7 Å². The van der Waals surface area contributed by atoms with Crippen LogP contribution < -0.4 is 5.73 Å². The maximum absolute atomic E-state index is 12.2. The van der Waals surface area contributed by atoms with Crippen LogP contribution in [0.4, 0.5) is 5.82 Å². The molecule has 3 N–H and O–H groups in total. The molecule has 0 aliphatic heterocycles. The minimum absolute atomic E-state index is 0.0462. The number of rotatable bonds is 7. The molecule has 7 nitrogen and oxygen atoms in total. The molecule has 3 aromatic rings. The van der Waals surface area contributed by atoms with Crippen LogP contribution in [-0.4, -0.2) is 42.3 Å². The second-order valence-corrected chi connectivity index (χ2v) is 7.86. The van der Waals surface area contributed by atoms with E-state index < -0.39 is 9.84 Å². The van der Waals surface area contributed by atoms with Gasteiger partial charge in [0.2, 0.25) is 0 Å². The minimum atomic E-state index is -3.32. The average molecular weight is 360 g/mol. The molecule has 2 aromatic heterocycles. The van der Waals surface area contributed by atoms with Gasteiger partial charge in [-0.1, -0.05) is 0 Å². The predicted octanol–water partition coefficient (Wildman–Crippen LogP) is 2.16. The topological polar surface area (TPSA) is 111 Å². The van der Waals surface area contributed by atoms with Gasteiger partial charge in [-0.25, -0.2) is 18.4 Å². The SMILES string of the molecule is CCOCCS(=O)(=O)Cc1cc(N)nc(-c2ccc3[nH]ccc3c2)n1. The van der Waals surface area contributed by atoms with Gasteiger partial charge in [-0.3, -0.25) is 0 Å². The molecule has 1 aromatic carbocycles. The number of H-pyrrole nitrogens is 1. The summed E-state index contributed by atoms with van der Waals surface area (Å²) in [5.41, 5.74) is 8.03. The fourth-order valence-corrected chi connectivity index (χ4v) is 3.66. The molecule has 0 unspecified atom stereocenters. The Morgan fingerprint density at radius 1 is 1.20 bits per heavy atom. The smallest absolute Gasteiger partial charge is 0.161 e. The molecule has 25 heavy (non-hydrogen) atoms. The van der Waals surface area contributed by atoms with Crippen LogP contribution in [0.5, 0.6) is 0 Å². The molecular weight excluding hydrogens is 340 g/mol. The third-order valence-electron chi connectivity index (χ3n) is 3.72. The Balaban J connectivity index is 1.87. The lowest BCUT2D eigenvalue weighted by Crippen LogP contribution is -2.15. The standard InChI is InChI=1S/C17H20N4O3S/c1-2-24-7-8-25(22,23)11-14-10-16(18)21-17(20-14)13-3-4-15-12(9-13)5-6-19-15/h3-6,9-10,19H,2,7-8,11H2,1H3,(H2,18,20,21). The Labute approximate surface area is 146 Å². The lowest BCUT2D eigenvalue weighted by atomic mass is 10.1. The van der Waals surface area contributed by atoms with Crippen molar-refractivity contribution in [2.45, 2.75) is 12.7 Å². The summed E-state index contributed by atoms with van der Waals surface area (Å²) in [6.07, 6.45) is 1.85. The minimum Gasteiger partial charge on any atom is -0.384 e. The molecule has 0 spiro atoms. The highest BCUT2D eigenvalue weighted by molar-refractivity contribution is 7.90. The largest absolute Gasteiger partial charge is 0.384 e. The number of ether oxygens (including phenoxy) is 1. The van der Waals surface area contributed by atoms with Gasteiger partial charge in [0, 0.05) is 35.3 Å². The van der Waals surface area contributed by atoms with Crippen LogP contribution in [0.15, 0.2) is 36.5 Å². The zero-order valence-electron chi connectivity index (χ0n) is 13.9. The van der Waals surface area contributed by atoms with Gasteiger partial charge in [0.1, 0.15) is 5.82 Å². The van der Waals surface area contributed by atoms with Gasteiger partial charge in [-0.2, -0.15) is 0 Å². The lowest BCUT2D eigenvalue weighted by molar-refractivity contribution is 0.163. The van der Waals surface area contributed by atoms with E-state index in [1.165, 1.54) is 6.07 Å². The number of sulfone groups is 1. The molecule has 0 aliphatic rings. The van der Waals surface area contributed by atoms with Crippen molar-refractivity contribution in [2.75, 3.05) is 24.7 Å². The van der Waals surface area contributed by atoms with Crippen LogP contribution in [0, 0.1) is 0 Å². The highest BCUT2D eigenvalue weighted by atomic mass is 32.2. The third-order valence-corrected chi connectivity index (χ3v) is 5.25. The van der Waals surface area contributed by atoms with E-state index in [1.54, 1.807) is 0 Å². The molecule has 0 atom stereocenters. The second-order valence-electron chi connectivity index (χ2n) is 5.68. The summed E-state index contributed by atoms with van der Waals surface area (Å²) in [7, 11) is -3.32. The number of hydrogen-bond acceptors (Lipinski definition) is 6. The molecule has 0 radical (unpaired) electrons. The number of nitrogens with one attached hydrogen (secondary N) is 1. The molecule has 0 saturated heterocycles. The van der Waals surface area contributed by atoms with Crippen molar-refractivity contribution in [3.8, 4) is 11.4 Å². The number of hydrogen-bond donors (Lipinski definition) is 2. The van der Waals surface area contributed by atoms with Crippen LogP contribution >= 0.6 is 0 Å². The number of nitrogens with zero attached hydrogens (tertiary/aromatic N) is 2. The quantitative estimate of drug-likeness (QED) is 0.625. The van der Waals surface area contributed by atoms with E-state index in [9.17, 15) is 8.42 Å². The van der Waals surface area contributed by atoms with Crippen molar-refractivity contribution in [2.24, 2.45) is 0 Å². The van der Waals surface area contributed by atoms with Crippen molar-refractivity contribution < 1.29 is 13.2 Å². The van der Waals surface area contributed by atoms with Crippen molar-refractivity contribution in [1.29, 1.82) is 0 Å². The van der Waals surface area contributed by atoms with Crippen molar-refractivity contribution in [1.82, 2.24) is 15.0 Å². The number of nitrogens with two attached hydrogens (primary N) is 1. The van der Waals surface area contributed by atoms with E-state index in [4.69, 9.17) is 10.5 Å². The maximum atomic E-state index is 12.2. The van der Waals surface area contributed by atoms with Gasteiger partial charge in [0.05, 0.1) is 23.8 Å². The molecule has 2 heterocycles. The van der Waals surface area contributed by atoms with E-state index in [1.807, 2.05) is 37.4 Å². The van der Waals surface area contributed by atoms with Gasteiger partial charge < -0.3 is 15.5 Å². The average Bonchev–Trinajstić information content (AvgIpc) is 3.01. The number of benzene rings is 1. The van der Waals surface area contributed by atoms with E-state index in [2.05, 4.69) is 15.0 Å². The van der Waals surface area contributed by atoms with Gasteiger partial charge >= 0.3 is 0 Å². The summed E-state index contributed by atoms with van der Waals surface area (Å²) in [5, 5.41) is 1.02. The number of aromatic amines is 1. The van der Waals surface area contributed by atoms with Gasteiger partial charge in [-0.05, 0) is 31.2 Å². The van der Waals surface area contributed by atoms with E-state index in [0.29, 0.717) is 18.1 Å². The van der Waals surface area contributed by atoms with Gasteiger partial charge in [0.25, 0.3) is 0 Å². The first-order valence-corrected chi connectivity index (χ1v) is 9.78. The fraction of sp³-hybridized carbons (Fsp3) is 0.294. The first-order chi connectivity index (χ1) is 12.0. The van der Waals surface area contributed by atoms with E-state index in [-0.39, 0.29) is 23.9 Å². The second kappa shape index (κ2) is 7.20. The lowest BCUT2D eigenvalue weighted by Gasteiger charge is -2.08. The van der Waals surface area contributed by atoms with Crippen molar-refractivity contribution in [3.63, 3.8) is 0 Å². The van der Waals surface area contributed by atoms with Crippen molar-refractivity contribution >= 4 is 26.6 Å². The molecule has 132 valence electrons. The van der Waals surface area contributed by atoms with Crippen LogP contribution in [0.3, 0.4) is 0 Å². The molecule has 0 amide bonds. The predicted molar refractivity (Wildman–Crippen MR) is 97.7 cm³/mol. The van der Waals surface area contributed by atoms with Crippen LogP contribution in [0.25, 0.3) is 22.3 Å².